The second kappa shape index (κ2) is 10.5. The molecule has 0 aliphatic carbocycles. The highest BCUT2D eigenvalue weighted by atomic mass is 31.2. The first-order valence-electron chi connectivity index (χ1n) is 10.5. The van der Waals surface area contributed by atoms with Crippen LogP contribution < -0.4 is 20.9 Å². The zero-order valence-electron chi connectivity index (χ0n) is 19.4. The molecular weight excluding hydrogens is 465 g/mol. The first-order chi connectivity index (χ1) is 16.0. The van der Waals surface area contributed by atoms with Crippen LogP contribution in [0.1, 0.15) is 19.4 Å². The number of benzene rings is 1. The summed E-state index contributed by atoms with van der Waals surface area (Å²) in [7, 11) is -2.82. The predicted octanol–water partition coefficient (Wildman–Crippen LogP) is 1.92. The van der Waals surface area contributed by atoms with Gasteiger partial charge in [-0.3, -0.25) is 23.7 Å². The van der Waals surface area contributed by atoms with Gasteiger partial charge in [0.1, 0.15) is 17.4 Å². The van der Waals surface area contributed by atoms with E-state index in [0.29, 0.717) is 5.56 Å². The molecule has 0 bridgehead atoms. The molecule has 12 heteroatoms. The van der Waals surface area contributed by atoms with Gasteiger partial charge >= 0.3 is 19.4 Å². The zero-order chi connectivity index (χ0) is 24.9. The van der Waals surface area contributed by atoms with Crippen molar-refractivity contribution in [3.8, 4) is 5.75 Å². The number of carbonyl (C=O) groups excluding carboxylic acids is 1. The molecule has 2 aromatic rings. The number of hydrogen-bond donors (Lipinski definition) is 2. The van der Waals surface area contributed by atoms with E-state index in [9.17, 15) is 18.9 Å². The molecule has 2 N–H and O–H groups in total. The van der Waals surface area contributed by atoms with Crippen molar-refractivity contribution in [2.24, 2.45) is 0 Å². The van der Waals surface area contributed by atoms with Gasteiger partial charge in [0, 0.05) is 11.8 Å². The lowest BCUT2D eigenvalue weighted by Gasteiger charge is -2.29. The van der Waals surface area contributed by atoms with Crippen LogP contribution in [0.3, 0.4) is 0 Å². The van der Waals surface area contributed by atoms with E-state index in [1.54, 1.807) is 43.3 Å². The van der Waals surface area contributed by atoms with E-state index in [4.69, 9.17) is 18.5 Å². The number of H-pyrrole nitrogens is 1. The van der Waals surface area contributed by atoms with Crippen LogP contribution in [0.15, 0.2) is 57.8 Å². The Labute approximate surface area is 196 Å². The van der Waals surface area contributed by atoms with Crippen molar-refractivity contribution in [2.75, 3.05) is 20.3 Å². The average Bonchev–Trinajstić information content (AvgIpc) is 3.23. The monoisotopic (exact) mass is 493 g/mol. The quantitative estimate of drug-likeness (QED) is 0.289. The summed E-state index contributed by atoms with van der Waals surface area (Å²) in [4.78, 5) is 37.9. The lowest BCUT2D eigenvalue weighted by molar-refractivity contribution is -0.146. The fourth-order valence-electron chi connectivity index (χ4n) is 3.24. The van der Waals surface area contributed by atoms with E-state index >= 15 is 0 Å². The van der Waals surface area contributed by atoms with E-state index in [0.717, 1.165) is 5.57 Å². The summed E-state index contributed by atoms with van der Waals surface area (Å²) in [6.45, 7) is 4.91. The van der Waals surface area contributed by atoms with Crippen molar-refractivity contribution in [1.82, 2.24) is 14.6 Å². The van der Waals surface area contributed by atoms with Crippen molar-refractivity contribution in [1.29, 1.82) is 0 Å². The molecule has 0 saturated carbocycles. The standard InChI is InChI=1S/C22H28N3O8P/c1-15-11-25(21(28)23-19(15)26)12-16-10-18(31-13-16)14-32-34(29,24-22(2,3)20(27)30-4)33-17-8-6-5-7-9-17/h5-11,18H,12-14H2,1-4H3,(H,24,29)(H,23,26,28). The molecule has 1 aromatic heterocycles. The van der Waals surface area contributed by atoms with Gasteiger partial charge < -0.3 is 14.0 Å². The number of carbonyl (C=O) groups is 1. The number of methoxy groups -OCH3 is 1. The van der Waals surface area contributed by atoms with Gasteiger partial charge in [0.05, 0.1) is 26.9 Å². The van der Waals surface area contributed by atoms with E-state index in [2.05, 4.69) is 10.1 Å². The van der Waals surface area contributed by atoms with Crippen molar-refractivity contribution in [3.05, 3.63) is 74.6 Å². The molecule has 2 atom stereocenters. The number of aromatic nitrogens is 2. The first-order valence-corrected chi connectivity index (χ1v) is 12.0. The molecule has 0 fully saturated rings. The van der Waals surface area contributed by atoms with Gasteiger partial charge in [0.15, 0.2) is 0 Å². The van der Waals surface area contributed by atoms with Gasteiger partial charge in [-0.15, -0.1) is 0 Å². The van der Waals surface area contributed by atoms with Gasteiger partial charge in [0.2, 0.25) is 0 Å². The number of esters is 1. The van der Waals surface area contributed by atoms with Crippen molar-refractivity contribution < 1.29 is 27.9 Å². The summed E-state index contributed by atoms with van der Waals surface area (Å²) >= 11 is 0. The number of hydrogen-bond acceptors (Lipinski definition) is 8. The Morgan fingerprint density at radius 2 is 2.00 bits per heavy atom. The first kappa shape index (κ1) is 25.6. The third-order valence-corrected chi connectivity index (χ3v) is 6.73. The third kappa shape index (κ3) is 6.54. The summed E-state index contributed by atoms with van der Waals surface area (Å²) < 4.78 is 36.6. The van der Waals surface area contributed by atoms with Crippen LogP contribution in [0.5, 0.6) is 5.75 Å². The Bertz CT molecular complexity index is 1220. The molecule has 34 heavy (non-hydrogen) atoms. The summed E-state index contributed by atoms with van der Waals surface area (Å²) in [6, 6.07) is 8.41. The molecule has 1 aromatic carbocycles. The highest BCUT2D eigenvalue weighted by molar-refractivity contribution is 7.52. The molecule has 0 saturated heterocycles. The van der Waals surface area contributed by atoms with Crippen LogP contribution in [0.25, 0.3) is 0 Å². The molecule has 0 spiro atoms. The SMILES string of the molecule is COC(=O)C(C)(C)NP(=O)(OCC1C=C(Cn2cc(C)c(=O)[nH]c2=O)CO1)Oc1ccccc1. The lowest BCUT2D eigenvalue weighted by atomic mass is 10.1. The number of aryl methyl sites for hydroxylation is 1. The maximum Gasteiger partial charge on any atom is 0.459 e. The highest BCUT2D eigenvalue weighted by Crippen LogP contribution is 2.46. The Morgan fingerprint density at radius 3 is 2.68 bits per heavy atom. The molecule has 2 heterocycles. The molecule has 1 aliphatic heterocycles. The van der Waals surface area contributed by atoms with Gasteiger partial charge in [0.25, 0.3) is 5.56 Å². The van der Waals surface area contributed by atoms with Gasteiger partial charge in [-0.05, 0) is 38.5 Å². The summed E-state index contributed by atoms with van der Waals surface area (Å²) in [5.41, 5.74) is -1.12. The summed E-state index contributed by atoms with van der Waals surface area (Å²) in [5, 5.41) is 2.64. The smallest absolute Gasteiger partial charge is 0.459 e. The number of rotatable bonds is 10. The van der Waals surface area contributed by atoms with Crippen LogP contribution >= 0.6 is 7.75 Å². The molecule has 11 nitrogen and oxygen atoms in total. The lowest BCUT2D eigenvalue weighted by Crippen LogP contribution is -2.46. The van der Waals surface area contributed by atoms with Crippen molar-refractivity contribution in [2.45, 2.75) is 39.0 Å². The minimum absolute atomic E-state index is 0.141. The molecule has 2 unspecified atom stereocenters. The van der Waals surface area contributed by atoms with E-state index in [-0.39, 0.29) is 25.5 Å². The Balaban J connectivity index is 1.72. The topological polar surface area (TPSA) is 138 Å². The molecule has 0 radical (unpaired) electrons. The van der Waals surface area contributed by atoms with Gasteiger partial charge in [-0.25, -0.2) is 9.36 Å². The second-order valence-electron chi connectivity index (χ2n) is 8.30. The van der Waals surface area contributed by atoms with Crippen LogP contribution in [-0.4, -0.2) is 47.5 Å². The maximum atomic E-state index is 13.5. The average molecular weight is 493 g/mol. The Morgan fingerprint density at radius 1 is 1.29 bits per heavy atom. The normalized spacial score (nSPS) is 17.6. The van der Waals surface area contributed by atoms with Crippen LogP contribution in [0, 0.1) is 6.92 Å². The maximum absolute atomic E-state index is 13.5. The molecule has 0 amide bonds. The summed E-state index contributed by atoms with van der Waals surface area (Å²) in [6.07, 6.45) is 2.67. The predicted molar refractivity (Wildman–Crippen MR) is 124 cm³/mol. The number of ether oxygens (including phenoxy) is 2. The Kier molecular flexibility index (Phi) is 7.93. The van der Waals surface area contributed by atoms with E-state index in [1.165, 1.54) is 31.7 Å². The molecule has 3 rings (SSSR count). The Hall–Kier alpha value is -2.98. The number of aromatic amines is 1. The highest BCUT2D eigenvalue weighted by Gasteiger charge is 2.40. The minimum Gasteiger partial charge on any atom is -0.468 e. The number of nitrogens with zero attached hydrogens (tertiary/aromatic N) is 1. The number of nitrogens with one attached hydrogen (secondary N) is 2. The fourth-order valence-corrected chi connectivity index (χ4v) is 4.92. The minimum atomic E-state index is -4.04. The van der Waals surface area contributed by atoms with Gasteiger partial charge in [-0.2, -0.15) is 5.09 Å². The molecule has 1 aliphatic rings. The van der Waals surface area contributed by atoms with Crippen LogP contribution in [0.2, 0.25) is 0 Å². The molecule has 184 valence electrons. The van der Waals surface area contributed by atoms with E-state index in [1.807, 2.05) is 0 Å². The zero-order valence-corrected chi connectivity index (χ0v) is 20.3. The van der Waals surface area contributed by atoms with E-state index < -0.39 is 36.6 Å². The summed E-state index contributed by atoms with van der Waals surface area (Å²) in [5.74, 6) is -0.357. The van der Waals surface area contributed by atoms with Crippen LogP contribution in [-0.2, 0) is 29.9 Å². The van der Waals surface area contributed by atoms with Crippen molar-refractivity contribution in [3.63, 3.8) is 0 Å². The third-order valence-electron chi connectivity index (χ3n) is 4.96. The molecular formula is C22H28N3O8P. The van der Waals surface area contributed by atoms with Crippen LogP contribution in [0.4, 0.5) is 0 Å². The second-order valence-corrected chi connectivity index (χ2v) is 9.96. The fraction of sp³-hybridized carbons (Fsp3) is 0.409. The van der Waals surface area contributed by atoms with Crippen molar-refractivity contribution >= 4 is 13.7 Å². The largest absolute Gasteiger partial charge is 0.468 e. The number of para-hydroxylation sites is 1. The van der Waals surface area contributed by atoms with Gasteiger partial charge in [-0.1, -0.05) is 24.3 Å².